The molecule has 3 amide bonds. The molecular weight excluding hydrogens is 402 g/mol. The third kappa shape index (κ3) is 3.52. The fourth-order valence-corrected chi connectivity index (χ4v) is 3.42. The third-order valence-electron chi connectivity index (χ3n) is 5.16. The van der Waals surface area contributed by atoms with Crippen LogP contribution in [0.1, 0.15) is 22.6 Å². The molecule has 1 aliphatic heterocycles. The molecule has 1 fully saturated rings. The number of anilines is 1. The summed E-state index contributed by atoms with van der Waals surface area (Å²) in [5, 5.41) is 18.2. The Morgan fingerprint density at radius 2 is 2.00 bits per heavy atom. The molecule has 0 saturated carbocycles. The molecule has 3 aromatic rings. The third-order valence-corrected chi connectivity index (χ3v) is 5.16. The molecule has 0 radical (unpaired) electrons. The molecule has 1 aliphatic rings. The Balaban J connectivity index is 1.54. The largest absolute Gasteiger partial charge is 0.504 e. The summed E-state index contributed by atoms with van der Waals surface area (Å²) in [6.07, 6.45) is 3.06. The minimum atomic E-state index is -0.540. The van der Waals surface area contributed by atoms with Crippen molar-refractivity contribution in [2.75, 3.05) is 12.0 Å². The lowest BCUT2D eigenvalue weighted by Gasteiger charge is -2.16. The number of nitrogens with zero attached hydrogens (tertiary/aromatic N) is 5. The molecule has 2 aromatic heterocycles. The Bertz CT molecular complexity index is 1180. The number of imide groups is 1. The van der Waals surface area contributed by atoms with Gasteiger partial charge in [-0.05, 0) is 31.5 Å². The fraction of sp³-hybridized carbons (Fsp3) is 0.238. The second kappa shape index (κ2) is 7.63. The van der Waals surface area contributed by atoms with E-state index in [9.17, 15) is 14.7 Å². The molecule has 1 saturated heterocycles. The first-order valence-electron chi connectivity index (χ1n) is 9.45. The lowest BCUT2D eigenvalue weighted by molar-refractivity contribution is -0.114. The SMILES string of the molecule is C=C1C(=O)N(c2cnn(Cc3c(C)noc3C)c2)C(=O)N1Cc1ccc(OC)c(O)c1. The number of amides is 3. The maximum absolute atomic E-state index is 13.0. The predicted octanol–water partition coefficient (Wildman–Crippen LogP) is 2.73. The molecule has 31 heavy (non-hydrogen) atoms. The van der Waals surface area contributed by atoms with Crippen molar-refractivity contribution >= 4 is 17.6 Å². The smallest absolute Gasteiger partial charge is 0.336 e. The van der Waals surface area contributed by atoms with E-state index in [1.165, 1.54) is 24.3 Å². The van der Waals surface area contributed by atoms with Crippen LogP contribution in [0.25, 0.3) is 0 Å². The first kappa shape index (κ1) is 20.2. The van der Waals surface area contributed by atoms with Crippen LogP contribution in [-0.2, 0) is 17.9 Å². The van der Waals surface area contributed by atoms with E-state index in [4.69, 9.17) is 9.26 Å². The van der Waals surface area contributed by atoms with Crippen LogP contribution in [0.3, 0.4) is 0 Å². The standard InChI is InChI=1S/C21H21N5O5/c1-12-17(14(3)31-23-12)11-24-10-16(8-22-24)26-20(28)13(2)25(21(26)29)9-15-5-6-19(30-4)18(27)7-15/h5-8,10,27H,2,9,11H2,1,3-4H3. The van der Waals surface area contributed by atoms with Gasteiger partial charge in [-0.1, -0.05) is 17.8 Å². The number of ether oxygens (including phenoxy) is 1. The van der Waals surface area contributed by atoms with Crippen molar-refractivity contribution in [3.05, 3.63) is 65.4 Å². The highest BCUT2D eigenvalue weighted by atomic mass is 16.5. The van der Waals surface area contributed by atoms with Gasteiger partial charge in [0.25, 0.3) is 5.91 Å². The molecule has 0 bridgehead atoms. The van der Waals surface area contributed by atoms with E-state index in [2.05, 4.69) is 16.8 Å². The van der Waals surface area contributed by atoms with Gasteiger partial charge in [-0.3, -0.25) is 14.4 Å². The number of carbonyl (C=O) groups is 2. The fourth-order valence-electron chi connectivity index (χ4n) is 3.42. The molecule has 0 spiro atoms. The molecule has 1 N–H and O–H groups in total. The molecule has 1 aromatic carbocycles. The van der Waals surface area contributed by atoms with E-state index >= 15 is 0 Å². The first-order chi connectivity index (χ1) is 14.8. The summed E-state index contributed by atoms with van der Waals surface area (Å²) in [4.78, 5) is 28.0. The Kier molecular flexibility index (Phi) is 4.97. The van der Waals surface area contributed by atoms with Gasteiger partial charge in [-0.2, -0.15) is 5.10 Å². The van der Waals surface area contributed by atoms with Gasteiger partial charge in [0.2, 0.25) is 0 Å². The van der Waals surface area contributed by atoms with Gasteiger partial charge in [0.1, 0.15) is 11.5 Å². The van der Waals surface area contributed by atoms with E-state index in [1.54, 1.807) is 23.0 Å². The van der Waals surface area contributed by atoms with Crippen LogP contribution in [0.4, 0.5) is 10.5 Å². The van der Waals surface area contributed by atoms with Gasteiger partial charge in [-0.15, -0.1) is 0 Å². The van der Waals surface area contributed by atoms with Crippen molar-refractivity contribution in [1.82, 2.24) is 19.8 Å². The maximum Gasteiger partial charge on any atom is 0.336 e. The van der Waals surface area contributed by atoms with Gasteiger partial charge in [0.05, 0.1) is 37.8 Å². The normalized spacial score (nSPS) is 14.1. The Morgan fingerprint density at radius 1 is 1.23 bits per heavy atom. The van der Waals surface area contributed by atoms with Crippen LogP contribution < -0.4 is 9.64 Å². The number of phenolic OH excluding ortho intramolecular Hbond substituents is 1. The van der Waals surface area contributed by atoms with E-state index in [0.717, 1.165) is 16.2 Å². The lowest BCUT2D eigenvalue weighted by Crippen LogP contribution is -2.32. The number of aryl methyl sites for hydroxylation is 2. The second-order valence-corrected chi connectivity index (χ2v) is 7.16. The number of urea groups is 1. The quantitative estimate of drug-likeness (QED) is 0.479. The maximum atomic E-state index is 13.0. The number of aromatic hydroxyl groups is 1. The van der Waals surface area contributed by atoms with Crippen LogP contribution in [-0.4, -0.2) is 44.0 Å². The topological polar surface area (TPSA) is 114 Å². The summed E-state index contributed by atoms with van der Waals surface area (Å²) in [7, 11) is 1.45. The highest BCUT2D eigenvalue weighted by Crippen LogP contribution is 2.31. The lowest BCUT2D eigenvalue weighted by atomic mass is 10.2. The summed E-state index contributed by atoms with van der Waals surface area (Å²) in [6.45, 7) is 7.88. The predicted molar refractivity (Wildman–Crippen MR) is 110 cm³/mol. The number of methoxy groups -OCH3 is 1. The number of phenols is 1. The number of benzene rings is 1. The Labute approximate surface area is 177 Å². The summed E-state index contributed by atoms with van der Waals surface area (Å²) in [6, 6.07) is 4.23. The number of rotatable bonds is 6. The first-order valence-corrected chi connectivity index (χ1v) is 9.45. The van der Waals surface area contributed by atoms with E-state index < -0.39 is 11.9 Å². The van der Waals surface area contributed by atoms with Gasteiger partial charge in [0.15, 0.2) is 11.5 Å². The Hall–Kier alpha value is -4.08. The van der Waals surface area contributed by atoms with Gasteiger partial charge in [-0.25, -0.2) is 9.69 Å². The van der Waals surface area contributed by atoms with Gasteiger partial charge in [0, 0.05) is 11.8 Å². The van der Waals surface area contributed by atoms with Crippen LogP contribution in [0.15, 0.2) is 47.4 Å². The second-order valence-electron chi connectivity index (χ2n) is 7.16. The molecule has 0 atom stereocenters. The zero-order chi connectivity index (χ0) is 22.3. The van der Waals surface area contributed by atoms with Gasteiger partial charge < -0.3 is 14.4 Å². The van der Waals surface area contributed by atoms with Crippen molar-refractivity contribution in [1.29, 1.82) is 0 Å². The van der Waals surface area contributed by atoms with Crippen molar-refractivity contribution in [2.24, 2.45) is 0 Å². The highest BCUT2D eigenvalue weighted by Gasteiger charge is 2.41. The monoisotopic (exact) mass is 423 g/mol. The van der Waals surface area contributed by atoms with E-state index in [0.29, 0.717) is 29.3 Å². The zero-order valence-electron chi connectivity index (χ0n) is 17.3. The van der Waals surface area contributed by atoms with Crippen LogP contribution in [0.2, 0.25) is 0 Å². The van der Waals surface area contributed by atoms with Crippen molar-refractivity contribution < 1.29 is 24.0 Å². The highest BCUT2D eigenvalue weighted by molar-refractivity contribution is 6.26. The van der Waals surface area contributed by atoms with Crippen LogP contribution >= 0.6 is 0 Å². The summed E-state index contributed by atoms with van der Waals surface area (Å²) < 4.78 is 11.8. The average molecular weight is 423 g/mol. The number of hydrogen-bond acceptors (Lipinski definition) is 7. The zero-order valence-corrected chi connectivity index (χ0v) is 17.3. The molecule has 160 valence electrons. The number of aromatic nitrogens is 3. The minimum Gasteiger partial charge on any atom is -0.504 e. The van der Waals surface area contributed by atoms with Crippen molar-refractivity contribution in [2.45, 2.75) is 26.9 Å². The number of hydrogen-bond donors (Lipinski definition) is 1. The van der Waals surface area contributed by atoms with Crippen molar-refractivity contribution in [3.63, 3.8) is 0 Å². The van der Waals surface area contributed by atoms with E-state index in [1.807, 2.05) is 13.8 Å². The summed E-state index contributed by atoms with van der Waals surface area (Å²) in [5.41, 5.74) is 2.64. The molecule has 0 unspecified atom stereocenters. The van der Waals surface area contributed by atoms with Crippen LogP contribution in [0.5, 0.6) is 11.5 Å². The molecule has 3 heterocycles. The average Bonchev–Trinajstić information content (AvgIpc) is 3.38. The van der Waals surface area contributed by atoms with Crippen molar-refractivity contribution in [3.8, 4) is 11.5 Å². The summed E-state index contributed by atoms with van der Waals surface area (Å²) >= 11 is 0. The molecule has 10 heteroatoms. The summed E-state index contributed by atoms with van der Waals surface area (Å²) in [5.74, 6) is 0.421. The van der Waals surface area contributed by atoms with Crippen LogP contribution in [0, 0.1) is 13.8 Å². The number of carbonyl (C=O) groups excluding carboxylic acids is 2. The molecule has 4 rings (SSSR count). The Morgan fingerprint density at radius 3 is 2.65 bits per heavy atom. The molecular formula is C21H21N5O5. The van der Waals surface area contributed by atoms with Gasteiger partial charge >= 0.3 is 6.03 Å². The molecule has 10 nitrogen and oxygen atoms in total. The van der Waals surface area contributed by atoms with E-state index in [-0.39, 0.29) is 18.0 Å². The minimum absolute atomic E-state index is 0.0405. The molecule has 0 aliphatic carbocycles.